The van der Waals surface area contributed by atoms with Gasteiger partial charge in [-0.25, -0.2) is 9.78 Å². The first kappa shape index (κ1) is 18.2. The van der Waals surface area contributed by atoms with E-state index >= 15 is 0 Å². The van der Waals surface area contributed by atoms with Crippen LogP contribution < -0.4 is 20.3 Å². The average molecular weight is 415 g/mol. The molecule has 29 heavy (non-hydrogen) atoms. The van der Waals surface area contributed by atoms with E-state index in [1.165, 1.54) is 11.3 Å². The van der Waals surface area contributed by atoms with Crippen molar-refractivity contribution >= 4 is 44.5 Å². The number of nitrogens with zero attached hydrogens (tertiary/aromatic N) is 3. The van der Waals surface area contributed by atoms with E-state index in [9.17, 15) is 14.4 Å². The fourth-order valence-electron chi connectivity index (χ4n) is 4.19. The standard InChI is InChI=1S/C19H21N5O4S/c1-2-28-12-3-4-13-14(6-12)29-18(21-13)24-7-11(5-15(24)25)16(26)23-9-19(10-23)8-20-17(27)22-19/h3-4,6,11H,2,5,7-10H2,1H3,(H2,20,22,27). The molecule has 9 nitrogen and oxygen atoms in total. The summed E-state index contributed by atoms with van der Waals surface area (Å²) >= 11 is 1.43. The second-order valence-electron chi connectivity index (χ2n) is 7.75. The number of nitrogens with one attached hydrogen (secondary N) is 2. The molecule has 4 heterocycles. The highest BCUT2D eigenvalue weighted by Gasteiger charge is 2.51. The molecule has 5 rings (SSSR count). The molecule has 3 aliphatic heterocycles. The maximum Gasteiger partial charge on any atom is 0.315 e. The highest BCUT2D eigenvalue weighted by molar-refractivity contribution is 7.22. The lowest BCUT2D eigenvalue weighted by Gasteiger charge is -2.47. The molecule has 0 radical (unpaired) electrons. The number of ether oxygens (including phenoxy) is 1. The van der Waals surface area contributed by atoms with E-state index in [2.05, 4.69) is 15.6 Å². The Kier molecular flexibility index (Phi) is 4.12. The molecule has 3 aliphatic rings. The molecule has 0 saturated carbocycles. The van der Waals surface area contributed by atoms with Gasteiger partial charge in [-0.3, -0.25) is 14.5 Å². The van der Waals surface area contributed by atoms with Crippen molar-refractivity contribution in [2.75, 3.05) is 37.7 Å². The van der Waals surface area contributed by atoms with Crippen LogP contribution in [0.3, 0.4) is 0 Å². The molecule has 1 spiro atoms. The number of urea groups is 1. The lowest BCUT2D eigenvalue weighted by molar-refractivity contribution is -0.143. The second-order valence-corrected chi connectivity index (χ2v) is 8.76. The average Bonchev–Trinajstić information content (AvgIpc) is 3.36. The fourth-order valence-corrected chi connectivity index (χ4v) is 5.21. The zero-order valence-electron chi connectivity index (χ0n) is 15.9. The van der Waals surface area contributed by atoms with Gasteiger partial charge in [0.15, 0.2) is 5.13 Å². The highest BCUT2D eigenvalue weighted by atomic mass is 32.1. The first-order valence-electron chi connectivity index (χ1n) is 9.65. The number of aromatic nitrogens is 1. The van der Waals surface area contributed by atoms with Crippen LogP contribution in [0.2, 0.25) is 0 Å². The van der Waals surface area contributed by atoms with Gasteiger partial charge >= 0.3 is 6.03 Å². The zero-order valence-corrected chi connectivity index (χ0v) is 16.8. The topological polar surface area (TPSA) is 104 Å². The maximum absolute atomic E-state index is 12.8. The summed E-state index contributed by atoms with van der Waals surface area (Å²) in [7, 11) is 0. The first-order valence-corrected chi connectivity index (χ1v) is 10.5. The predicted octanol–water partition coefficient (Wildman–Crippen LogP) is 0.942. The minimum absolute atomic E-state index is 0.0348. The van der Waals surface area contributed by atoms with E-state index in [-0.39, 0.29) is 35.7 Å². The zero-order chi connectivity index (χ0) is 20.2. The van der Waals surface area contributed by atoms with E-state index in [0.717, 1.165) is 16.0 Å². The molecule has 1 atom stereocenters. The third-order valence-corrected chi connectivity index (χ3v) is 6.67. The Morgan fingerprint density at radius 2 is 2.21 bits per heavy atom. The van der Waals surface area contributed by atoms with Crippen molar-refractivity contribution in [3.8, 4) is 5.75 Å². The smallest absolute Gasteiger partial charge is 0.315 e. The first-order chi connectivity index (χ1) is 14.0. The minimum Gasteiger partial charge on any atom is -0.494 e. The molecular weight excluding hydrogens is 394 g/mol. The van der Waals surface area contributed by atoms with Crippen molar-refractivity contribution in [3.63, 3.8) is 0 Å². The molecule has 1 aromatic heterocycles. The van der Waals surface area contributed by atoms with Crippen LogP contribution in [0.25, 0.3) is 10.2 Å². The summed E-state index contributed by atoms with van der Waals surface area (Å²) in [5, 5.41) is 6.22. The number of rotatable bonds is 4. The summed E-state index contributed by atoms with van der Waals surface area (Å²) < 4.78 is 6.47. The van der Waals surface area contributed by atoms with Gasteiger partial charge in [-0.1, -0.05) is 11.3 Å². The number of hydrogen-bond acceptors (Lipinski definition) is 6. The highest BCUT2D eigenvalue weighted by Crippen LogP contribution is 2.35. The molecule has 3 fully saturated rings. The summed E-state index contributed by atoms with van der Waals surface area (Å²) in [5.41, 5.74) is 0.463. The van der Waals surface area contributed by atoms with Crippen LogP contribution >= 0.6 is 11.3 Å². The van der Waals surface area contributed by atoms with Crippen LogP contribution in [0, 0.1) is 5.92 Å². The van der Waals surface area contributed by atoms with Gasteiger partial charge in [0.25, 0.3) is 0 Å². The summed E-state index contributed by atoms with van der Waals surface area (Å²) in [6, 6.07) is 5.48. The number of amides is 4. The van der Waals surface area contributed by atoms with E-state index < -0.39 is 0 Å². The number of anilines is 1. The van der Waals surface area contributed by atoms with Crippen LogP contribution in [0.15, 0.2) is 18.2 Å². The summed E-state index contributed by atoms with van der Waals surface area (Å²) in [4.78, 5) is 44.7. The number of carbonyl (C=O) groups excluding carboxylic acids is 3. The number of carbonyl (C=O) groups is 3. The SMILES string of the molecule is CCOc1ccc2nc(N3CC(C(=O)N4CC5(CNC(=O)N5)C4)CC3=O)sc2c1. The fraction of sp³-hybridized carbons (Fsp3) is 0.474. The normalized spacial score (nSPS) is 22.7. The molecule has 4 amide bonds. The van der Waals surface area contributed by atoms with Crippen molar-refractivity contribution < 1.29 is 19.1 Å². The molecular formula is C19H21N5O4S. The largest absolute Gasteiger partial charge is 0.494 e. The number of likely N-dealkylation sites (tertiary alicyclic amines) is 1. The Morgan fingerprint density at radius 3 is 2.93 bits per heavy atom. The molecule has 1 unspecified atom stereocenters. The molecule has 0 aliphatic carbocycles. The molecule has 152 valence electrons. The van der Waals surface area contributed by atoms with Gasteiger partial charge in [0.1, 0.15) is 5.75 Å². The number of thiazole rings is 1. The van der Waals surface area contributed by atoms with Crippen LogP contribution in [0.4, 0.5) is 9.93 Å². The molecule has 2 N–H and O–H groups in total. The predicted molar refractivity (Wildman–Crippen MR) is 107 cm³/mol. The Labute approximate surface area is 171 Å². The van der Waals surface area contributed by atoms with Gasteiger partial charge in [0.2, 0.25) is 11.8 Å². The van der Waals surface area contributed by atoms with Crippen LogP contribution in [0.5, 0.6) is 5.75 Å². The van der Waals surface area contributed by atoms with E-state index in [4.69, 9.17) is 4.74 Å². The third kappa shape index (κ3) is 3.07. The monoisotopic (exact) mass is 415 g/mol. The van der Waals surface area contributed by atoms with Crippen molar-refractivity contribution in [2.24, 2.45) is 5.92 Å². The Hall–Kier alpha value is -2.88. The van der Waals surface area contributed by atoms with Crippen molar-refractivity contribution in [1.29, 1.82) is 0 Å². The van der Waals surface area contributed by atoms with Gasteiger partial charge in [-0.2, -0.15) is 0 Å². The third-order valence-electron chi connectivity index (χ3n) is 5.63. The Balaban J connectivity index is 1.27. The number of benzene rings is 1. The molecule has 0 bridgehead atoms. The molecule has 1 aromatic carbocycles. The van der Waals surface area contributed by atoms with Crippen molar-refractivity contribution in [2.45, 2.75) is 18.9 Å². The molecule has 2 aromatic rings. The van der Waals surface area contributed by atoms with Gasteiger partial charge in [0.05, 0.1) is 28.3 Å². The lowest BCUT2D eigenvalue weighted by atomic mass is 9.89. The summed E-state index contributed by atoms with van der Waals surface area (Å²) in [6.07, 6.45) is 0.188. The Morgan fingerprint density at radius 1 is 1.38 bits per heavy atom. The van der Waals surface area contributed by atoms with Gasteiger partial charge < -0.3 is 20.3 Å². The van der Waals surface area contributed by atoms with Crippen LogP contribution in [-0.2, 0) is 9.59 Å². The van der Waals surface area contributed by atoms with Crippen LogP contribution in [0.1, 0.15) is 13.3 Å². The Bertz CT molecular complexity index is 1020. The quantitative estimate of drug-likeness (QED) is 0.774. The van der Waals surface area contributed by atoms with Gasteiger partial charge in [0, 0.05) is 32.6 Å². The van der Waals surface area contributed by atoms with E-state index in [0.29, 0.717) is 37.9 Å². The second kappa shape index (κ2) is 6.58. The number of fused-ring (bicyclic) bond motifs is 1. The van der Waals surface area contributed by atoms with Crippen molar-refractivity contribution in [1.82, 2.24) is 20.5 Å². The van der Waals surface area contributed by atoms with Gasteiger partial charge in [-0.05, 0) is 25.1 Å². The molecule has 10 heteroatoms. The van der Waals surface area contributed by atoms with Gasteiger partial charge in [-0.15, -0.1) is 0 Å². The van der Waals surface area contributed by atoms with E-state index in [1.807, 2.05) is 25.1 Å². The minimum atomic E-state index is -0.379. The van der Waals surface area contributed by atoms with Crippen molar-refractivity contribution in [3.05, 3.63) is 18.2 Å². The maximum atomic E-state index is 12.8. The van der Waals surface area contributed by atoms with Crippen LogP contribution in [-0.4, -0.2) is 66.1 Å². The lowest BCUT2D eigenvalue weighted by Crippen LogP contribution is -2.70. The summed E-state index contributed by atoms with van der Waals surface area (Å²) in [6.45, 7) is 4.35. The van der Waals surface area contributed by atoms with E-state index in [1.54, 1.807) is 9.80 Å². The molecule has 3 saturated heterocycles. The number of hydrogen-bond donors (Lipinski definition) is 2. The summed E-state index contributed by atoms with van der Waals surface area (Å²) in [5.74, 6) is 0.276.